The molecule has 7 nitrogen and oxygen atoms in total. The van der Waals surface area contributed by atoms with Crippen molar-refractivity contribution in [3.63, 3.8) is 0 Å². The van der Waals surface area contributed by atoms with Crippen LogP contribution in [0.3, 0.4) is 0 Å². The van der Waals surface area contributed by atoms with Gasteiger partial charge in [-0.3, -0.25) is 24.6 Å². The van der Waals surface area contributed by atoms with Crippen LogP contribution in [0.1, 0.15) is 17.2 Å². The number of aliphatic hydroxyl groups excluding tert-OH is 1. The second kappa shape index (κ2) is 8.04. The predicted molar refractivity (Wildman–Crippen MR) is 116 cm³/mol. The van der Waals surface area contributed by atoms with E-state index in [1.54, 1.807) is 54.6 Å². The quantitative estimate of drug-likeness (QED) is 0.207. The number of amides is 1. The number of hydrogen-bond donors (Lipinski definition) is 1. The molecule has 1 aliphatic rings. The molecule has 1 heterocycles. The maximum atomic E-state index is 13.0. The summed E-state index contributed by atoms with van der Waals surface area (Å²) >= 11 is 6.09. The lowest BCUT2D eigenvalue weighted by atomic mass is 9.95. The molecule has 31 heavy (non-hydrogen) atoms. The zero-order valence-corrected chi connectivity index (χ0v) is 16.7. The number of rotatable bonds is 4. The van der Waals surface area contributed by atoms with Crippen LogP contribution in [-0.4, -0.2) is 21.7 Å². The standard InChI is InChI=1S/C23H15ClN2O5/c24-16-9-5-10-17(13-16)25-20(15-8-4-11-18(12-15)26(30)31)19(22(28)23(25)29)21(27)14-6-2-1-3-7-14/h1-13,20,27H/b21-19-. The fraction of sp³-hybridized carbons (Fsp3) is 0.0435. The Balaban J connectivity index is 1.98. The number of carbonyl (C=O) groups excluding carboxylic acids is 2. The Hall–Kier alpha value is -3.97. The minimum absolute atomic E-state index is 0.156. The average molecular weight is 435 g/mol. The molecular formula is C23H15ClN2O5. The van der Waals surface area contributed by atoms with Crippen LogP contribution in [0.15, 0.2) is 84.4 Å². The monoisotopic (exact) mass is 434 g/mol. The van der Waals surface area contributed by atoms with Crippen molar-refractivity contribution in [1.29, 1.82) is 0 Å². The second-order valence-corrected chi connectivity index (χ2v) is 7.30. The minimum Gasteiger partial charge on any atom is -0.507 e. The first kappa shape index (κ1) is 20.3. The molecule has 0 aromatic heterocycles. The highest BCUT2D eigenvalue weighted by Gasteiger charge is 2.47. The van der Waals surface area contributed by atoms with E-state index >= 15 is 0 Å². The molecule has 8 heteroatoms. The third kappa shape index (κ3) is 3.67. The van der Waals surface area contributed by atoms with Crippen molar-refractivity contribution in [2.75, 3.05) is 4.90 Å². The average Bonchev–Trinajstić information content (AvgIpc) is 3.04. The summed E-state index contributed by atoms with van der Waals surface area (Å²) < 4.78 is 0. The van der Waals surface area contributed by atoms with Gasteiger partial charge in [-0.05, 0) is 23.8 Å². The molecule has 0 radical (unpaired) electrons. The molecule has 1 unspecified atom stereocenters. The highest BCUT2D eigenvalue weighted by Crippen LogP contribution is 2.43. The van der Waals surface area contributed by atoms with Gasteiger partial charge in [-0.15, -0.1) is 0 Å². The number of aliphatic hydroxyl groups is 1. The van der Waals surface area contributed by atoms with Crippen LogP contribution in [0.25, 0.3) is 5.76 Å². The van der Waals surface area contributed by atoms with Gasteiger partial charge in [0, 0.05) is 28.4 Å². The summed E-state index contributed by atoms with van der Waals surface area (Å²) in [6, 6.07) is 19.2. The van der Waals surface area contributed by atoms with E-state index in [2.05, 4.69) is 0 Å². The van der Waals surface area contributed by atoms with Crippen LogP contribution in [0.2, 0.25) is 5.02 Å². The van der Waals surface area contributed by atoms with Gasteiger partial charge in [0.05, 0.1) is 16.5 Å². The summed E-state index contributed by atoms with van der Waals surface area (Å²) in [5, 5.41) is 22.6. The minimum atomic E-state index is -1.07. The third-order valence-corrected chi connectivity index (χ3v) is 5.21. The molecule has 4 rings (SSSR count). The number of nitrogens with zero attached hydrogens (tertiary/aromatic N) is 2. The normalized spacial score (nSPS) is 17.7. The lowest BCUT2D eigenvalue weighted by Gasteiger charge is -2.25. The van der Waals surface area contributed by atoms with Gasteiger partial charge < -0.3 is 5.11 Å². The molecule has 1 amide bonds. The zero-order chi connectivity index (χ0) is 22.1. The number of nitro groups is 1. The number of benzene rings is 3. The highest BCUT2D eigenvalue weighted by atomic mass is 35.5. The van der Waals surface area contributed by atoms with Crippen molar-refractivity contribution in [3.05, 3.63) is 111 Å². The van der Waals surface area contributed by atoms with Gasteiger partial charge in [-0.1, -0.05) is 60.1 Å². The van der Waals surface area contributed by atoms with Crippen LogP contribution in [0.5, 0.6) is 0 Å². The summed E-state index contributed by atoms with van der Waals surface area (Å²) in [7, 11) is 0. The Bertz CT molecular complexity index is 1240. The van der Waals surface area contributed by atoms with E-state index in [0.29, 0.717) is 21.8 Å². The van der Waals surface area contributed by atoms with Gasteiger partial charge in [-0.2, -0.15) is 0 Å². The van der Waals surface area contributed by atoms with E-state index in [4.69, 9.17) is 11.6 Å². The van der Waals surface area contributed by atoms with E-state index in [1.165, 1.54) is 29.2 Å². The summed E-state index contributed by atoms with van der Waals surface area (Å²) in [4.78, 5) is 38.0. The summed E-state index contributed by atoms with van der Waals surface area (Å²) in [5.74, 6) is -2.12. The molecule has 0 bridgehead atoms. The molecule has 3 aromatic carbocycles. The molecule has 1 aliphatic heterocycles. The largest absolute Gasteiger partial charge is 0.507 e. The van der Waals surface area contributed by atoms with Crippen LogP contribution in [-0.2, 0) is 9.59 Å². The molecule has 0 spiro atoms. The van der Waals surface area contributed by atoms with Crippen molar-refractivity contribution in [2.45, 2.75) is 6.04 Å². The number of ketones is 1. The summed E-state index contributed by atoms with van der Waals surface area (Å²) in [6.07, 6.45) is 0. The Kier molecular flexibility index (Phi) is 5.27. The first-order valence-electron chi connectivity index (χ1n) is 9.25. The number of carbonyl (C=O) groups is 2. The molecule has 3 aromatic rings. The van der Waals surface area contributed by atoms with Crippen LogP contribution in [0.4, 0.5) is 11.4 Å². The van der Waals surface area contributed by atoms with E-state index in [-0.39, 0.29) is 17.0 Å². The van der Waals surface area contributed by atoms with E-state index < -0.39 is 22.7 Å². The number of anilines is 1. The first-order valence-corrected chi connectivity index (χ1v) is 9.62. The van der Waals surface area contributed by atoms with Gasteiger partial charge in [0.2, 0.25) is 0 Å². The van der Waals surface area contributed by atoms with Crippen LogP contribution >= 0.6 is 11.6 Å². The van der Waals surface area contributed by atoms with Gasteiger partial charge in [-0.25, -0.2) is 0 Å². The number of hydrogen-bond acceptors (Lipinski definition) is 5. The fourth-order valence-electron chi connectivity index (χ4n) is 3.60. The van der Waals surface area contributed by atoms with Gasteiger partial charge in [0.15, 0.2) is 0 Å². The number of non-ortho nitro benzene ring substituents is 1. The molecular weight excluding hydrogens is 420 g/mol. The fourth-order valence-corrected chi connectivity index (χ4v) is 3.78. The maximum absolute atomic E-state index is 13.0. The number of nitro benzene ring substituents is 1. The third-order valence-electron chi connectivity index (χ3n) is 4.97. The molecule has 0 aliphatic carbocycles. The smallest absolute Gasteiger partial charge is 0.300 e. The van der Waals surface area contributed by atoms with Gasteiger partial charge >= 0.3 is 0 Å². The van der Waals surface area contributed by atoms with Crippen molar-refractivity contribution in [2.24, 2.45) is 0 Å². The van der Waals surface area contributed by atoms with Gasteiger partial charge in [0.1, 0.15) is 5.76 Å². The maximum Gasteiger partial charge on any atom is 0.300 e. The molecule has 1 N–H and O–H groups in total. The van der Waals surface area contributed by atoms with Gasteiger partial charge in [0.25, 0.3) is 17.4 Å². The SMILES string of the molecule is O=C1C(=O)N(c2cccc(Cl)c2)C(c2cccc([N+](=O)[O-])c2)/C1=C(/O)c1ccccc1. The van der Waals surface area contributed by atoms with Crippen molar-refractivity contribution in [1.82, 2.24) is 0 Å². The molecule has 1 saturated heterocycles. The summed E-state index contributed by atoms with van der Waals surface area (Å²) in [5.41, 5.74) is 0.636. The topological polar surface area (TPSA) is 101 Å². The number of Topliss-reactive ketones (excluding diaryl/α,β-unsaturated/α-hetero) is 1. The lowest BCUT2D eigenvalue weighted by molar-refractivity contribution is -0.384. The predicted octanol–water partition coefficient (Wildman–Crippen LogP) is 4.87. The van der Waals surface area contributed by atoms with Crippen LogP contribution in [0, 0.1) is 10.1 Å². The Morgan fingerprint density at radius 2 is 1.68 bits per heavy atom. The Morgan fingerprint density at radius 1 is 0.968 bits per heavy atom. The molecule has 0 saturated carbocycles. The van der Waals surface area contributed by atoms with E-state index in [0.717, 1.165) is 0 Å². The second-order valence-electron chi connectivity index (χ2n) is 6.87. The van der Waals surface area contributed by atoms with Crippen LogP contribution < -0.4 is 4.90 Å². The molecule has 1 atom stereocenters. The van der Waals surface area contributed by atoms with E-state index in [1.807, 2.05) is 0 Å². The number of halogens is 1. The summed E-state index contributed by atoms with van der Waals surface area (Å²) in [6.45, 7) is 0. The van der Waals surface area contributed by atoms with Crippen molar-refractivity contribution >= 4 is 40.4 Å². The first-order chi connectivity index (χ1) is 14.9. The molecule has 154 valence electrons. The zero-order valence-electron chi connectivity index (χ0n) is 15.9. The van der Waals surface area contributed by atoms with Crippen molar-refractivity contribution in [3.8, 4) is 0 Å². The van der Waals surface area contributed by atoms with Crippen molar-refractivity contribution < 1.29 is 19.6 Å². The molecule has 1 fully saturated rings. The Morgan fingerprint density at radius 3 is 2.35 bits per heavy atom. The Labute approximate surface area is 182 Å². The van der Waals surface area contributed by atoms with E-state index in [9.17, 15) is 24.8 Å². The highest BCUT2D eigenvalue weighted by molar-refractivity contribution is 6.51. The lowest BCUT2D eigenvalue weighted by Crippen LogP contribution is -2.29.